The minimum Gasteiger partial charge on any atom is -0.484 e. The Morgan fingerprint density at radius 1 is 1.11 bits per heavy atom. The number of ether oxygens (including phenoxy) is 1. The number of aliphatic hydroxyl groups is 1. The fourth-order valence-corrected chi connectivity index (χ4v) is 5.04. The predicted molar refractivity (Wildman–Crippen MR) is 132 cm³/mol. The summed E-state index contributed by atoms with van der Waals surface area (Å²) in [5, 5.41) is 16.5. The summed E-state index contributed by atoms with van der Waals surface area (Å²) in [5.41, 5.74) is 0.652. The third-order valence-electron chi connectivity index (χ3n) is 7.46. The van der Waals surface area contributed by atoms with E-state index in [2.05, 4.69) is 10.6 Å². The van der Waals surface area contributed by atoms with Crippen molar-refractivity contribution < 1.29 is 28.6 Å². The lowest BCUT2D eigenvalue weighted by molar-refractivity contribution is -0.143. The van der Waals surface area contributed by atoms with Crippen LogP contribution in [0.15, 0.2) is 27.4 Å². The Morgan fingerprint density at radius 2 is 1.89 bits per heavy atom. The maximum absolute atomic E-state index is 12.5. The molecule has 10 heteroatoms. The Balaban J connectivity index is 1.18. The highest BCUT2D eigenvalue weighted by molar-refractivity contribution is 5.88. The van der Waals surface area contributed by atoms with Crippen LogP contribution >= 0.6 is 0 Å². The van der Waals surface area contributed by atoms with Gasteiger partial charge in [0.05, 0.1) is 18.7 Å². The molecule has 2 atom stereocenters. The number of rotatable bonds is 7. The molecule has 1 saturated carbocycles. The van der Waals surface area contributed by atoms with Crippen molar-refractivity contribution >= 4 is 28.7 Å². The number of amides is 3. The molecule has 36 heavy (non-hydrogen) atoms. The smallest absolute Gasteiger partial charge is 0.339 e. The van der Waals surface area contributed by atoms with Crippen LogP contribution < -0.4 is 21.0 Å². The Labute approximate surface area is 209 Å². The SMILES string of the molecule is Cc1c(C)c2ccc(OCC(=O)NCC(=O)NCC(=O)N3CC[C@@]4(O)CCCC[C@H]4C3)cc2oc1=O. The van der Waals surface area contributed by atoms with E-state index in [0.717, 1.165) is 36.6 Å². The molecule has 2 aromatic rings. The Hall–Kier alpha value is -3.40. The number of piperidine rings is 1. The van der Waals surface area contributed by atoms with Crippen LogP contribution in [0.5, 0.6) is 5.75 Å². The normalized spacial score (nSPS) is 21.5. The molecule has 0 unspecified atom stereocenters. The molecule has 10 nitrogen and oxygen atoms in total. The fourth-order valence-electron chi connectivity index (χ4n) is 5.04. The second-order valence-electron chi connectivity index (χ2n) is 9.78. The number of carbonyl (C=O) groups is 3. The molecule has 1 aliphatic heterocycles. The van der Waals surface area contributed by atoms with Crippen molar-refractivity contribution in [3.63, 3.8) is 0 Å². The van der Waals surface area contributed by atoms with Crippen LogP contribution in [0.3, 0.4) is 0 Å². The Morgan fingerprint density at radius 3 is 2.69 bits per heavy atom. The third kappa shape index (κ3) is 5.70. The van der Waals surface area contributed by atoms with E-state index in [0.29, 0.717) is 36.4 Å². The van der Waals surface area contributed by atoms with Gasteiger partial charge in [0, 0.05) is 36.0 Å². The molecule has 0 radical (unpaired) electrons. The van der Waals surface area contributed by atoms with Crippen LogP contribution in [0.4, 0.5) is 0 Å². The van der Waals surface area contributed by atoms with Crippen LogP contribution in [0.25, 0.3) is 11.0 Å². The lowest BCUT2D eigenvalue weighted by Gasteiger charge is -2.47. The summed E-state index contributed by atoms with van der Waals surface area (Å²) >= 11 is 0. The van der Waals surface area contributed by atoms with Crippen LogP contribution in [-0.2, 0) is 14.4 Å². The lowest BCUT2D eigenvalue weighted by Crippen LogP contribution is -2.56. The number of aryl methyl sites for hydroxylation is 1. The molecule has 1 aromatic carbocycles. The minimum absolute atomic E-state index is 0.0886. The van der Waals surface area contributed by atoms with Gasteiger partial charge in [-0.05, 0) is 50.8 Å². The van der Waals surface area contributed by atoms with Crippen LogP contribution in [0.1, 0.15) is 43.2 Å². The van der Waals surface area contributed by atoms with Crippen molar-refractivity contribution in [3.8, 4) is 5.75 Å². The Bertz CT molecular complexity index is 1220. The summed E-state index contributed by atoms with van der Waals surface area (Å²) in [5.74, 6) is -0.748. The molecule has 194 valence electrons. The molecule has 0 bridgehead atoms. The molecular weight excluding hydrogens is 466 g/mol. The molecule has 3 amide bonds. The molecule has 0 spiro atoms. The standard InChI is InChI=1S/C26H33N3O7/c1-16-17(2)25(33)36-21-11-19(6-7-20(16)21)35-15-23(31)27-12-22(30)28-13-24(32)29-10-9-26(34)8-4-3-5-18(26)14-29/h6-7,11,18,34H,3-5,8-10,12-15H2,1-2H3,(H,27,31)(H,28,30)/t18-,26-/m0/s1. The zero-order chi connectivity index (χ0) is 25.9. The van der Waals surface area contributed by atoms with Crippen molar-refractivity contribution in [2.75, 3.05) is 32.8 Å². The molecular formula is C26H33N3O7. The van der Waals surface area contributed by atoms with Crippen LogP contribution in [-0.4, -0.2) is 66.1 Å². The van der Waals surface area contributed by atoms with E-state index in [9.17, 15) is 24.3 Å². The van der Waals surface area contributed by atoms with Gasteiger partial charge in [-0.25, -0.2) is 4.79 Å². The first-order valence-electron chi connectivity index (χ1n) is 12.4. The van der Waals surface area contributed by atoms with Gasteiger partial charge in [-0.3, -0.25) is 14.4 Å². The largest absolute Gasteiger partial charge is 0.484 e. The summed E-state index contributed by atoms with van der Waals surface area (Å²) in [6.45, 7) is 3.75. The quantitative estimate of drug-likeness (QED) is 0.486. The van der Waals surface area contributed by atoms with Crippen molar-refractivity contribution in [1.82, 2.24) is 15.5 Å². The van der Waals surface area contributed by atoms with Gasteiger partial charge >= 0.3 is 5.63 Å². The monoisotopic (exact) mass is 499 g/mol. The molecule has 2 heterocycles. The number of fused-ring (bicyclic) bond motifs is 2. The fraction of sp³-hybridized carbons (Fsp3) is 0.538. The first-order chi connectivity index (χ1) is 17.2. The molecule has 1 aliphatic carbocycles. The topological polar surface area (TPSA) is 138 Å². The average molecular weight is 500 g/mol. The predicted octanol–water partition coefficient (Wildman–Crippen LogP) is 1.17. The number of nitrogens with one attached hydrogen (secondary N) is 2. The average Bonchev–Trinajstić information content (AvgIpc) is 2.87. The molecule has 2 fully saturated rings. The Kier molecular flexibility index (Phi) is 7.63. The second kappa shape index (κ2) is 10.7. The van der Waals surface area contributed by atoms with Gasteiger partial charge < -0.3 is 29.8 Å². The van der Waals surface area contributed by atoms with Crippen molar-refractivity contribution in [2.24, 2.45) is 5.92 Å². The summed E-state index contributed by atoms with van der Waals surface area (Å²) in [4.78, 5) is 50.3. The van der Waals surface area contributed by atoms with Gasteiger partial charge in [0.25, 0.3) is 5.91 Å². The summed E-state index contributed by atoms with van der Waals surface area (Å²) < 4.78 is 10.7. The lowest BCUT2D eigenvalue weighted by atomic mass is 9.71. The van der Waals surface area contributed by atoms with E-state index in [1.165, 1.54) is 0 Å². The van der Waals surface area contributed by atoms with E-state index in [4.69, 9.17) is 9.15 Å². The molecule has 1 saturated heterocycles. The maximum Gasteiger partial charge on any atom is 0.339 e. The van der Waals surface area contributed by atoms with Crippen molar-refractivity contribution in [1.29, 1.82) is 0 Å². The summed E-state index contributed by atoms with van der Waals surface area (Å²) in [7, 11) is 0. The maximum atomic E-state index is 12.5. The van der Waals surface area contributed by atoms with E-state index >= 15 is 0 Å². The number of likely N-dealkylation sites (tertiary alicyclic amines) is 1. The van der Waals surface area contributed by atoms with Gasteiger partial charge in [0.15, 0.2) is 6.61 Å². The molecule has 4 rings (SSSR count). The van der Waals surface area contributed by atoms with E-state index in [1.54, 1.807) is 30.0 Å². The van der Waals surface area contributed by atoms with Gasteiger partial charge in [0.2, 0.25) is 11.8 Å². The zero-order valence-corrected chi connectivity index (χ0v) is 20.7. The van der Waals surface area contributed by atoms with Crippen LogP contribution in [0.2, 0.25) is 0 Å². The van der Waals surface area contributed by atoms with Gasteiger partial charge in [-0.2, -0.15) is 0 Å². The molecule has 3 N–H and O–H groups in total. The number of hydrogen-bond donors (Lipinski definition) is 3. The zero-order valence-electron chi connectivity index (χ0n) is 20.7. The first kappa shape index (κ1) is 25.7. The highest BCUT2D eigenvalue weighted by atomic mass is 16.5. The van der Waals surface area contributed by atoms with Crippen molar-refractivity contribution in [3.05, 3.63) is 39.7 Å². The number of nitrogens with zero attached hydrogens (tertiary/aromatic N) is 1. The number of hydrogen-bond acceptors (Lipinski definition) is 7. The highest BCUT2D eigenvalue weighted by Gasteiger charge is 2.43. The minimum atomic E-state index is -0.663. The third-order valence-corrected chi connectivity index (χ3v) is 7.46. The van der Waals surface area contributed by atoms with Gasteiger partial charge in [0.1, 0.15) is 11.3 Å². The summed E-state index contributed by atoms with van der Waals surface area (Å²) in [6, 6.07) is 4.98. The second-order valence-corrected chi connectivity index (χ2v) is 9.78. The molecule has 2 aliphatic rings. The van der Waals surface area contributed by atoms with Crippen LogP contribution in [0, 0.1) is 19.8 Å². The van der Waals surface area contributed by atoms with E-state index in [1.807, 2.05) is 6.92 Å². The van der Waals surface area contributed by atoms with E-state index in [-0.39, 0.29) is 31.5 Å². The van der Waals surface area contributed by atoms with Crippen molar-refractivity contribution in [2.45, 2.75) is 51.6 Å². The van der Waals surface area contributed by atoms with Gasteiger partial charge in [-0.15, -0.1) is 0 Å². The first-order valence-corrected chi connectivity index (χ1v) is 12.4. The van der Waals surface area contributed by atoms with Gasteiger partial charge in [-0.1, -0.05) is 12.8 Å². The highest BCUT2D eigenvalue weighted by Crippen LogP contribution is 2.39. The number of carbonyl (C=O) groups excluding carboxylic acids is 3. The number of benzene rings is 1. The van der Waals surface area contributed by atoms with E-state index < -0.39 is 23.0 Å². The summed E-state index contributed by atoms with van der Waals surface area (Å²) in [6.07, 6.45) is 4.35. The molecule has 1 aromatic heterocycles.